The number of hydrogen-bond donors (Lipinski definition) is 1. The van der Waals surface area contributed by atoms with Gasteiger partial charge in [-0.15, -0.1) is 0 Å². The molecule has 0 aliphatic carbocycles. The molecule has 9 heteroatoms. The normalized spacial score (nSPS) is 11.7. The maximum Gasteiger partial charge on any atom is 0.332 e. The van der Waals surface area contributed by atoms with Gasteiger partial charge in [-0.2, -0.15) is 4.98 Å². The van der Waals surface area contributed by atoms with Crippen molar-refractivity contribution in [3.63, 3.8) is 0 Å². The van der Waals surface area contributed by atoms with Crippen LogP contribution in [-0.4, -0.2) is 42.7 Å². The molecule has 2 heterocycles. The van der Waals surface area contributed by atoms with E-state index in [0.29, 0.717) is 13.0 Å². The van der Waals surface area contributed by atoms with E-state index in [1.54, 1.807) is 17.8 Å². The highest BCUT2D eigenvalue weighted by Gasteiger charge is 2.21. The molecule has 2 aromatic heterocycles. The lowest BCUT2D eigenvalue weighted by Crippen LogP contribution is -2.40. The average Bonchev–Trinajstić information content (AvgIpc) is 3.01. The van der Waals surface area contributed by atoms with Gasteiger partial charge in [0.15, 0.2) is 11.2 Å². The number of aliphatic hydroxyl groups is 1. The van der Waals surface area contributed by atoms with Crippen LogP contribution in [0.25, 0.3) is 11.2 Å². The summed E-state index contributed by atoms with van der Waals surface area (Å²) in [5.74, 6) is 0. The summed E-state index contributed by atoms with van der Waals surface area (Å²) in [6.45, 7) is 12.1. The van der Waals surface area contributed by atoms with Gasteiger partial charge in [-0.25, -0.2) is 4.79 Å². The largest absolute Gasteiger partial charge is 0.465 e. The molecule has 29 heavy (non-hydrogen) atoms. The molecule has 2 aromatic rings. The van der Waals surface area contributed by atoms with E-state index in [9.17, 15) is 9.59 Å². The predicted octanol–water partition coefficient (Wildman–Crippen LogP) is 1.62. The van der Waals surface area contributed by atoms with Gasteiger partial charge in [0.25, 0.3) is 11.6 Å². The molecule has 0 saturated heterocycles. The molecule has 0 fully saturated rings. The molecule has 0 amide bonds. The van der Waals surface area contributed by atoms with Crippen LogP contribution >= 0.6 is 0 Å². The Bertz CT molecular complexity index is 1080. The van der Waals surface area contributed by atoms with Gasteiger partial charge < -0.3 is 9.84 Å². The van der Waals surface area contributed by atoms with Gasteiger partial charge in [0, 0.05) is 32.1 Å². The van der Waals surface area contributed by atoms with Crippen LogP contribution in [0.15, 0.2) is 38.5 Å². The first-order chi connectivity index (χ1) is 13.7. The summed E-state index contributed by atoms with van der Waals surface area (Å²) in [5.41, 5.74) is 2.05. The fraction of sp³-hybridized carbons (Fsp3) is 0.500. The number of allylic oxidation sites excluding steroid dienone is 2. The topological polar surface area (TPSA) is 104 Å². The zero-order valence-corrected chi connectivity index (χ0v) is 17.7. The number of hydrogen-bond acceptors (Lipinski definition) is 6. The van der Waals surface area contributed by atoms with Crippen molar-refractivity contribution in [3.8, 4) is 6.01 Å². The van der Waals surface area contributed by atoms with E-state index in [1.165, 1.54) is 4.57 Å². The number of aryl methyl sites for hydroxylation is 1. The van der Waals surface area contributed by atoms with Crippen LogP contribution in [0.1, 0.15) is 34.1 Å². The molecule has 0 spiro atoms. The summed E-state index contributed by atoms with van der Waals surface area (Å²) < 4.78 is 9.75. The van der Waals surface area contributed by atoms with E-state index in [-0.39, 0.29) is 36.9 Å². The van der Waals surface area contributed by atoms with Crippen molar-refractivity contribution in [2.75, 3.05) is 13.2 Å². The zero-order chi connectivity index (χ0) is 21.7. The first-order valence-corrected chi connectivity index (χ1v) is 9.52. The second-order valence-corrected chi connectivity index (χ2v) is 6.97. The van der Waals surface area contributed by atoms with Gasteiger partial charge in [-0.1, -0.05) is 12.2 Å². The molecule has 2 rings (SSSR count). The number of nitrogens with zero attached hydrogens (tertiary/aromatic N) is 5. The molecule has 0 radical (unpaired) electrons. The molecular formula is C20H29N5O4. The van der Waals surface area contributed by atoms with Crippen LogP contribution in [0.3, 0.4) is 0 Å². The van der Waals surface area contributed by atoms with Crippen molar-refractivity contribution >= 4 is 16.9 Å². The molecule has 0 unspecified atom stereocenters. The number of aromatic nitrogens is 4. The minimum atomic E-state index is -0.481. The fourth-order valence-electron chi connectivity index (χ4n) is 2.83. The summed E-state index contributed by atoms with van der Waals surface area (Å²) in [4.78, 5) is 34.5. The number of aliphatic imine (C=N–C) groups is 1. The lowest BCUT2D eigenvalue weighted by molar-refractivity contribution is 0.277. The average molecular weight is 403 g/mol. The Morgan fingerprint density at radius 3 is 2.52 bits per heavy atom. The van der Waals surface area contributed by atoms with E-state index in [0.717, 1.165) is 21.4 Å². The minimum Gasteiger partial charge on any atom is -0.465 e. The van der Waals surface area contributed by atoms with Crippen molar-refractivity contribution in [1.29, 1.82) is 0 Å². The number of ether oxygens (including phenoxy) is 1. The highest BCUT2D eigenvalue weighted by atomic mass is 16.5. The van der Waals surface area contributed by atoms with E-state index >= 15 is 0 Å². The molecule has 1 N–H and O–H groups in total. The highest BCUT2D eigenvalue weighted by molar-refractivity contribution is 5.79. The lowest BCUT2D eigenvalue weighted by Gasteiger charge is -2.12. The third kappa shape index (κ3) is 4.73. The first-order valence-electron chi connectivity index (χ1n) is 9.52. The Morgan fingerprint density at radius 2 is 1.97 bits per heavy atom. The van der Waals surface area contributed by atoms with Crippen molar-refractivity contribution in [2.24, 2.45) is 12.0 Å². The van der Waals surface area contributed by atoms with Crippen molar-refractivity contribution in [3.05, 3.63) is 44.8 Å². The summed E-state index contributed by atoms with van der Waals surface area (Å²) in [6, 6.07) is 0.249. The fourth-order valence-corrected chi connectivity index (χ4v) is 2.83. The molecular weight excluding hydrogens is 374 g/mol. The summed E-state index contributed by atoms with van der Waals surface area (Å²) in [7, 11) is 1.56. The number of rotatable bonds is 9. The molecule has 0 atom stereocenters. The monoisotopic (exact) mass is 403 g/mol. The number of imidazole rings is 1. The first kappa shape index (κ1) is 22.4. The van der Waals surface area contributed by atoms with Crippen LogP contribution in [0.5, 0.6) is 6.01 Å². The maximum atomic E-state index is 13.1. The second-order valence-electron chi connectivity index (χ2n) is 6.97. The molecule has 0 aliphatic rings. The quantitative estimate of drug-likeness (QED) is 0.506. The van der Waals surface area contributed by atoms with Gasteiger partial charge in [0.2, 0.25) is 0 Å². The zero-order valence-electron chi connectivity index (χ0n) is 17.7. The highest BCUT2D eigenvalue weighted by Crippen LogP contribution is 2.22. The van der Waals surface area contributed by atoms with Crippen molar-refractivity contribution in [1.82, 2.24) is 18.7 Å². The molecule has 0 aromatic carbocycles. The Kier molecular flexibility index (Phi) is 7.33. The minimum absolute atomic E-state index is 0.117. The predicted molar refractivity (Wildman–Crippen MR) is 114 cm³/mol. The summed E-state index contributed by atoms with van der Waals surface area (Å²) >= 11 is 0. The van der Waals surface area contributed by atoms with Gasteiger partial charge >= 0.3 is 5.69 Å². The summed E-state index contributed by atoms with van der Waals surface area (Å²) in [5, 5.41) is 9.11. The molecule has 9 nitrogen and oxygen atoms in total. The van der Waals surface area contributed by atoms with Crippen molar-refractivity contribution in [2.45, 2.75) is 47.2 Å². The standard InChI is InChI=1S/C20H29N5O4/c1-7-29-19-22-17-16(18(27)24(9-8-10-26)20(28)23(17)6)25(19)12-15(13(2)3)11-21-14(4)5/h11,26H,2,7-10,12H2,1,3-6H3/b15-11-. The molecule has 0 aliphatic heterocycles. The van der Waals surface area contributed by atoms with Gasteiger partial charge in [-0.05, 0) is 39.7 Å². The summed E-state index contributed by atoms with van der Waals surface area (Å²) in [6.07, 6.45) is 2.01. The van der Waals surface area contributed by atoms with E-state index < -0.39 is 11.2 Å². The Balaban J connectivity index is 2.80. The van der Waals surface area contributed by atoms with Crippen molar-refractivity contribution < 1.29 is 9.84 Å². The van der Waals surface area contributed by atoms with Gasteiger partial charge in [-0.3, -0.25) is 23.5 Å². The Hall–Kier alpha value is -2.94. The third-order valence-electron chi connectivity index (χ3n) is 4.37. The number of fused-ring (bicyclic) bond motifs is 1. The van der Waals surface area contributed by atoms with Crippen LogP contribution in [-0.2, 0) is 20.1 Å². The number of aliphatic hydroxyl groups excluding tert-OH is 1. The van der Waals surface area contributed by atoms with E-state index in [4.69, 9.17) is 9.84 Å². The molecule has 0 saturated carbocycles. The molecule has 158 valence electrons. The van der Waals surface area contributed by atoms with E-state index in [1.807, 2.05) is 27.7 Å². The third-order valence-corrected chi connectivity index (χ3v) is 4.37. The molecule has 0 bridgehead atoms. The lowest BCUT2D eigenvalue weighted by atomic mass is 10.1. The van der Waals surface area contributed by atoms with Crippen LogP contribution in [0.4, 0.5) is 0 Å². The SMILES string of the molecule is C=C(C)/C(=C\N=C(C)C)Cn1c(OCC)nc2c1c(=O)n(CCCO)c(=O)n2C. The maximum absolute atomic E-state index is 13.1. The van der Waals surface area contributed by atoms with Gasteiger partial charge in [0.05, 0.1) is 13.2 Å². The van der Waals surface area contributed by atoms with Crippen LogP contribution < -0.4 is 16.0 Å². The van der Waals surface area contributed by atoms with Crippen LogP contribution in [0, 0.1) is 0 Å². The van der Waals surface area contributed by atoms with Gasteiger partial charge in [0.1, 0.15) is 0 Å². The Labute approximate surface area is 169 Å². The smallest absolute Gasteiger partial charge is 0.332 e. The van der Waals surface area contributed by atoms with E-state index in [2.05, 4.69) is 16.6 Å². The second kappa shape index (κ2) is 9.51. The Morgan fingerprint density at radius 1 is 1.28 bits per heavy atom. The van der Waals surface area contributed by atoms with Crippen LogP contribution in [0.2, 0.25) is 0 Å².